The van der Waals surface area contributed by atoms with Crippen LogP contribution in [0.1, 0.15) is 71.1 Å². The summed E-state index contributed by atoms with van der Waals surface area (Å²) in [6.45, 7) is 2.25. The summed E-state index contributed by atoms with van der Waals surface area (Å²) in [5, 5.41) is 0. The Labute approximate surface area is 181 Å². The molecule has 2 aliphatic carbocycles. The maximum absolute atomic E-state index is 12.9. The zero-order valence-electron chi connectivity index (χ0n) is 18.0. The largest absolute Gasteiger partial charge is 0.457 e. The van der Waals surface area contributed by atoms with Gasteiger partial charge in [-0.1, -0.05) is 32.6 Å². The van der Waals surface area contributed by atoms with Crippen molar-refractivity contribution in [1.82, 2.24) is 0 Å². The lowest BCUT2D eigenvalue weighted by atomic mass is 9.69. The standard InChI is InChI=1S/C24H32F4O3/c1-2-3-16-4-6-17(7-5-16)18-8-10-19(11-9-18)22(29)30-20-12-14-21(15-13-20)31-23(25)24(26,27)28/h12-19,23H,2-11H2,1H3. The monoisotopic (exact) mass is 444 g/mol. The summed E-state index contributed by atoms with van der Waals surface area (Å²) in [7, 11) is 0. The van der Waals surface area contributed by atoms with Gasteiger partial charge < -0.3 is 9.47 Å². The summed E-state index contributed by atoms with van der Waals surface area (Å²) in [6.07, 6.45) is 3.16. The number of carbonyl (C=O) groups is 1. The number of halogens is 4. The third-order valence-electron chi connectivity index (χ3n) is 6.90. The van der Waals surface area contributed by atoms with Gasteiger partial charge in [0, 0.05) is 0 Å². The molecule has 3 nitrogen and oxygen atoms in total. The zero-order valence-corrected chi connectivity index (χ0v) is 18.0. The summed E-state index contributed by atoms with van der Waals surface area (Å²) in [5.41, 5.74) is 0. The molecule has 31 heavy (non-hydrogen) atoms. The molecule has 1 aromatic rings. The van der Waals surface area contributed by atoms with Gasteiger partial charge in [-0.15, -0.1) is 0 Å². The minimum atomic E-state index is -5.08. The molecule has 0 amide bonds. The van der Waals surface area contributed by atoms with Gasteiger partial charge in [-0.05, 0) is 80.5 Å². The van der Waals surface area contributed by atoms with E-state index in [2.05, 4.69) is 11.7 Å². The van der Waals surface area contributed by atoms with Crippen LogP contribution in [0.25, 0.3) is 0 Å². The van der Waals surface area contributed by atoms with E-state index < -0.39 is 12.5 Å². The van der Waals surface area contributed by atoms with Gasteiger partial charge in [-0.2, -0.15) is 17.6 Å². The number of ether oxygens (including phenoxy) is 2. The number of esters is 1. The number of hydrogen-bond donors (Lipinski definition) is 0. The third kappa shape index (κ3) is 6.84. The summed E-state index contributed by atoms with van der Waals surface area (Å²) < 4.78 is 59.2. The maximum atomic E-state index is 12.9. The minimum absolute atomic E-state index is 0.149. The number of benzene rings is 1. The van der Waals surface area contributed by atoms with Crippen molar-refractivity contribution in [1.29, 1.82) is 0 Å². The van der Waals surface area contributed by atoms with Crippen molar-refractivity contribution in [2.75, 3.05) is 0 Å². The molecule has 1 atom stereocenters. The second-order valence-electron chi connectivity index (χ2n) is 9.05. The van der Waals surface area contributed by atoms with Crippen LogP contribution in [-0.2, 0) is 4.79 Å². The third-order valence-corrected chi connectivity index (χ3v) is 6.90. The quantitative estimate of drug-likeness (QED) is 0.253. The number of alkyl halides is 4. The van der Waals surface area contributed by atoms with Gasteiger partial charge >= 0.3 is 18.5 Å². The zero-order chi connectivity index (χ0) is 22.4. The van der Waals surface area contributed by atoms with Crippen molar-refractivity contribution in [3.05, 3.63) is 24.3 Å². The highest BCUT2D eigenvalue weighted by molar-refractivity contribution is 5.75. The fraction of sp³-hybridized carbons (Fsp3) is 0.708. The van der Waals surface area contributed by atoms with Crippen LogP contribution in [0.3, 0.4) is 0 Å². The first-order chi connectivity index (χ1) is 14.8. The van der Waals surface area contributed by atoms with Crippen LogP contribution in [0.5, 0.6) is 11.5 Å². The first kappa shape index (κ1) is 23.9. The van der Waals surface area contributed by atoms with E-state index in [4.69, 9.17) is 4.74 Å². The van der Waals surface area contributed by atoms with Crippen molar-refractivity contribution in [3.8, 4) is 11.5 Å². The topological polar surface area (TPSA) is 35.5 Å². The van der Waals surface area contributed by atoms with E-state index >= 15 is 0 Å². The fourth-order valence-corrected chi connectivity index (χ4v) is 5.15. The molecule has 1 unspecified atom stereocenters. The first-order valence-electron chi connectivity index (χ1n) is 11.5. The fourth-order valence-electron chi connectivity index (χ4n) is 5.15. The van der Waals surface area contributed by atoms with Crippen LogP contribution in [0, 0.1) is 23.7 Å². The SMILES string of the molecule is CCCC1CCC(C2CCC(C(=O)Oc3ccc(OC(F)C(F)(F)F)cc3)CC2)CC1. The van der Waals surface area contributed by atoms with Gasteiger partial charge in [0.05, 0.1) is 5.92 Å². The first-order valence-corrected chi connectivity index (χ1v) is 11.5. The van der Waals surface area contributed by atoms with Crippen molar-refractivity contribution in [2.24, 2.45) is 23.7 Å². The molecule has 7 heteroatoms. The highest BCUT2D eigenvalue weighted by atomic mass is 19.4. The Morgan fingerprint density at radius 1 is 0.935 bits per heavy atom. The molecular weight excluding hydrogens is 412 g/mol. The summed E-state index contributed by atoms with van der Waals surface area (Å²) >= 11 is 0. The van der Waals surface area contributed by atoms with E-state index in [9.17, 15) is 22.4 Å². The molecule has 0 bridgehead atoms. The minimum Gasteiger partial charge on any atom is -0.452 e. The Hall–Kier alpha value is -1.79. The van der Waals surface area contributed by atoms with E-state index in [0.29, 0.717) is 5.92 Å². The Bertz CT molecular complexity index is 688. The summed E-state index contributed by atoms with van der Waals surface area (Å²) in [6, 6.07) is 4.95. The average Bonchev–Trinajstić information content (AvgIpc) is 2.75. The molecule has 0 N–H and O–H groups in total. The number of rotatable bonds is 7. The summed E-state index contributed by atoms with van der Waals surface area (Å²) in [4.78, 5) is 12.5. The van der Waals surface area contributed by atoms with Crippen molar-refractivity contribution in [3.63, 3.8) is 0 Å². The lowest BCUT2D eigenvalue weighted by Crippen LogP contribution is -2.30. The smallest absolute Gasteiger partial charge is 0.452 e. The van der Waals surface area contributed by atoms with Gasteiger partial charge in [-0.25, -0.2) is 0 Å². The van der Waals surface area contributed by atoms with Gasteiger partial charge in [0.1, 0.15) is 11.5 Å². The van der Waals surface area contributed by atoms with E-state index in [1.165, 1.54) is 50.7 Å². The van der Waals surface area contributed by atoms with E-state index in [1.54, 1.807) is 0 Å². The van der Waals surface area contributed by atoms with Crippen LogP contribution in [0.4, 0.5) is 17.6 Å². The Kier molecular flexibility index (Phi) is 8.23. The van der Waals surface area contributed by atoms with Gasteiger partial charge in [0.2, 0.25) is 0 Å². The highest BCUT2D eigenvalue weighted by Crippen LogP contribution is 2.42. The van der Waals surface area contributed by atoms with Crippen LogP contribution < -0.4 is 9.47 Å². The molecule has 2 aliphatic rings. The summed E-state index contributed by atoms with van der Waals surface area (Å²) in [5.74, 6) is 1.86. The molecule has 0 heterocycles. The molecule has 0 aromatic heterocycles. The van der Waals surface area contributed by atoms with Crippen molar-refractivity contribution in [2.45, 2.75) is 83.7 Å². The van der Waals surface area contributed by atoms with E-state index in [0.717, 1.165) is 49.7 Å². The number of hydrogen-bond acceptors (Lipinski definition) is 3. The Morgan fingerprint density at radius 2 is 1.45 bits per heavy atom. The molecule has 0 aliphatic heterocycles. The molecule has 0 saturated heterocycles. The molecule has 174 valence electrons. The molecular formula is C24H32F4O3. The Balaban J connectivity index is 1.42. The molecule has 0 radical (unpaired) electrons. The predicted molar refractivity (Wildman–Crippen MR) is 109 cm³/mol. The van der Waals surface area contributed by atoms with E-state index in [1.807, 2.05) is 0 Å². The molecule has 3 rings (SSSR count). The normalized spacial score (nSPS) is 28.0. The lowest BCUT2D eigenvalue weighted by molar-refractivity contribution is -0.236. The van der Waals surface area contributed by atoms with E-state index in [-0.39, 0.29) is 23.4 Å². The van der Waals surface area contributed by atoms with Gasteiger partial charge in [-0.3, -0.25) is 4.79 Å². The van der Waals surface area contributed by atoms with Crippen LogP contribution >= 0.6 is 0 Å². The molecule has 0 spiro atoms. The average molecular weight is 445 g/mol. The molecule has 1 aromatic carbocycles. The van der Waals surface area contributed by atoms with Crippen LogP contribution in [-0.4, -0.2) is 18.5 Å². The number of carbonyl (C=O) groups excluding carboxylic acids is 1. The van der Waals surface area contributed by atoms with Gasteiger partial charge in [0.15, 0.2) is 0 Å². The van der Waals surface area contributed by atoms with Crippen LogP contribution in [0.15, 0.2) is 24.3 Å². The lowest BCUT2D eigenvalue weighted by Gasteiger charge is -2.37. The highest BCUT2D eigenvalue weighted by Gasteiger charge is 2.42. The maximum Gasteiger partial charge on any atom is 0.457 e. The van der Waals surface area contributed by atoms with Crippen molar-refractivity contribution < 1.29 is 31.8 Å². The molecule has 2 fully saturated rings. The predicted octanol–water partition coefficient (Wildman–Crippen LogP) is 7.24. The second kappa shape index (κ2) is 10.7. The van der Waals surface area contributed by atoms with Gasteiger partial charge in [0.25, 0.3) is 0 Å². The van der Waals surface area contributed by atoms with Crippen molar-refractivity contribution >= 4 is 5.97 Å². The van der Waals surface area contributed by atoms with Crippen LogP contribution in [0.2, 0.25) is 0 Å². The Morgan fingerprint density at radius 3 is 1.97 bits per heavy atom. The molecule has 2 saturated carbocycles. The second-order valence-corrected chi connectivity index (χ2v) is 9.05.